The zero-order chi connectivity index (χ0) is 14.0. The van der Waals surface area contributed by atoms with Crippen LogP contribution in [-0.4, -0.2) is 21.4 Å². The van der Waals surface area contributed by atoms with E-state index in [1.165, 1.54) is 0 Å². The van der Waals surface area contributed by atoms with Gasteiger partial charge in [-0.25, -0.2) is 0 Å². The lowest BCUT2D eigenvalue weighted by Gasteiger charge is -2.07. The van der Waals surface area contributed by atoms with Gasteiger partial charge < -0.3 is 9.67 Å². The van der Waals surface area contributed by atoms with E-state index < -0.39 is 11.9 Å². The number of ketones is 1. The highest BCUT2D eigenvalue weighted by molar-refractivity contribution is 9.10. The van der Waals surface area contributed by atoms with Crippen LogP contribution in [0.4, 0.5) is 0 Å². The summed E-state index contributed by atoms with van der Waals surface area (Å²) in [6.07, 6.45) is 1.91. The van der Waals surface area contributed by atoms with Crippen LogP contribution in [0, 0.1) is 5.92 Å². The first-order valence-corrected chi connectivity index (χ1v) is 6.75. The number of hydrogen-bond acceptors (Lipinski definition) is 2. The summed E-state index contributed by atoms with van der Waals surface area (Å²) in [7, 11) is 0. The third kappa shape index (κ3) is 3.23. The normalized spacial score (nSPS) is 12.5. The number of carboxylic acids is 1. The summed E-state index contributed by atoms with van der Waals surface area (Å²) in [5.74, 6) is -1.65. The molecule has 0 aliphatic rings. The fourth-order valence-electron chi connectivity index (χ4n) is 1.98. The summed E-state index contributed by atoms with van der Waals surface area (Å²) >= 11 is 3.40. The van der Waals surface area contributed by atoms with E-state index in [1.807, 2.05) is 35.0 Å². The van der Waals surface area contributed by atoms with Crippen molar-refractivity contribution in [2.75, 3.05) is 0 Å². The van der Waals surface area contributed by atoms with Crippen LogP contribution in [-0.2, 0) is 16.1 Å². The van der Waals surface area contributed by atoms with Crippen LogP contribution in [0.2, 0.25) is 0 Å². The van der Waals surface area contributed by atoms with E-state index in [0.29, 0.717) is 0 Å². The molecular formula is C14H14BrNO3. The summed E-state index contributed by atoms with van der Waals surface area (Å²) in [5.41, 5.74) is 0.964. The van der Waals surface area contributed by atoms with Gasteiger partial charge in [-0.3, -0.25) is 9.59 Å². The van der Waals surface area contributed by atoms with Gasteiger partial charge in [-0.05, 0) is 23.6 Å². The molecule has 1 aromatic heterocycles. The average Bonchev–Trinajstić information content (AvgIpc) is 2.71. The number of hydrogen-bond donors (Lipinski definition) is 1. The molecule has 0 saturated carbocycles. The molecular weight excluding hydrogens is 310 g/mol. The predicted molar refractivity (Wildman–Crippen MR) is 76.1 cm³/mol. The molecule has 0 amide bonds. The largest absolute Gasteiger partial charge is 0.481 e. The highest BCUT2D eigenvalue weighted by atomic mass is 79.9. The number of halogens is 1. The molecule has 2 rings (SSSR count). The first-order chi connectivity index (χ1) is 8.97. The van der Waals surface area contributed by atoms with Crippen molar-refractivity contribution in [1.82, 2.24) is 4.57 Å². The molecule has 100 valence electrons. The third-order valence-corrected chi connectivity index (χ3v) is 3.53. The molecule has 0 bridgehead atoms. The lowest BCUT2D eigenvalue weighted by Crippen LogP contribution is -2.18. The summed E-state index contributed by atoms with van der Waals surface area (Å²) in [5, 5.41) is 9.86. The highest BCUT2D eigenvalue weighted by Gasteiger charge is 2.16. The van der Waals surface area contributed by atoms with E-state index in [1.54, 1.807) is 6.92 Å². The Morgan fingerprint density at radius 1 is 1.37 bits per heavy atom. The quantitative estimate of drug-likeness (QED) is 0.919. The van der Waals surface area contributed by atoms with E-state index in [2.05, 4.69) is 15.9 Å². The number of carboxylic acid groups (broad SMARTS) is 1. The molecule has 5 heteroatoms. The first-order valence-electron chi connectivity index (χ1n) is 5.96. The molecule has 1 aromatic carbocycles. The summed E-state index contributed by atoms with van der Waals surface area (Å²) < 4.78 is 2.79. The van der Waals surface area contributed by atoms with Crippen molar-refractivity contribution in [3.63, 3.8) is 0 Å². The van der Waals surface area contributed by atoms with Crippen LogP contribution < -0.4 is 0 Å². The Bertz CT molecular complexity index is 633. The van der Waals surface area contributed by atoms with E-state index in [-0.39, 0.29) is 18.7 Å². The highest BCUT2D eigenvalue weighted by Crippen LogP contribution is 2.21. The van der Waals surface area contributed by atoms with Gasteiger partial charge in [0.15, 0.2) is 5.78 Å². The molecule has 4 nitrogen and oxygen atoms in total. The van der Waals surface area contributed by atoms with Gasteiger partial charge in [-0.2, -0.15) is 0 Å². The van der Waals surface area contributed by atoms with Crippen molar-refractivity contribution in [2.24, 2.45) is 5.92 Å². The van der Waals surface area contributed by atoms with Crippen LogP contribution >= 0.6 is 15.9 Å². The minimum absolute atomic E-state index is 0.0585. The van der Waals surface area contributed by atoms with Crippen molar-refractivity contribution in [3.05, 3.63) is 34.9 Å². The summed E-state index contributed by atoms with van der Waals surface area (Å²) in [4.78, 5) is 22.6. The standard InChI is InChI=1S/C14H14BrNO3/c1-9(14(18)19)6-12(17)8-16-5-4-10-2-3-11(15)7-13(10)16/h2-5,7,9H,6,8H2,1H3,(H,18,19). The molecule has 1 heterocycles. The maximum Gasteiger partial charge on any atom is 0.306 e. The Labute approximate surface area is 119 Å². The summed E-state index contributed by atoms with van der Waals surface area (Å²) in [6, 6.07) is 7.81. The average molecular weight is 324 g/mol. The van der Waals surface area contributed by atoms with Gasteiger partial charge in [-0.15, -0.1) is 0 Å². The summed E-state index contributed by atoms with van der Waals surface area (Å²) in [6.45, 7) is 1.75. The first kappa shape index (κ1) is 13.8. The maximum atomic E-state index is 11.9. The fraction of sp³-hybridized carbons (Fsp3) is 0.286. The molecule has 0 fully saturated rings. The number of Topliss-reactive ketones (excluding diaryl/α,β-unsaturated/α-hetero) is 1. The van der Waals surface area contributed by atoms with Gasteiger partial charge in [0.25, 0.3) is 0 Å². The number of aromatic nitrogens is 1. The number of carbonyl (C=O) groups excluding carboxylic acids is 1. The Morgan fingerprint density at radius 2 is 2.11 bits per heavy atom. The van der Waals surface area contributed by atoms with Gasteiger partial charge >= 0.3 is 5.97 Å². The van der Waals surface area contributed by atoms with Gasteiger partial charge in [0.1, 0.15) is 0 Å². The maximum absolute atomic E-state index is 11.9. The second-order valence-electron chi connectivity index (χ2n) is 4.63. The second kappa shape index (κ2) is 5.57. The van der Waals surface area contributed by atoms with Gasteiger partial charge in [0.05, 0.1) is 12.5 Å². The molecule has 2 aromatic rings. The van der Waals surface area contributed by atoms with Crippen LogP contribution in [0.1, 0.15) is 13.3 Å². The number of carbonyl (C=O) groups is 2. The molecule has 19 heavy (non-hydrogen) atoms. The molecule has 1 atom stereocenters. The van der Waals surface area contributed by atoms with E-state index >= 15 is 0 Å². The fourth-order valence-corrected chi connectivity index (χ4v) is 2.33. The van der Waals surface area contributed by atoms with Crippen LogP contribution in [0.25, 0.3) is 10.9 Å². The van der Waals surface area contributed by atoms with Crippen LogP contribution in [0.15, 0.2) is 34.9 Å². The SMILES string of the molecule is CC(CC(=O)Cn1ccc2ccc(Br)cc21)C(=O)O. The number of nitrogens with zero attached hydrogens (tertiary/aromatic N) is 1. The number of rotatable bonds is 5. The van der Waals surface area contributed by atoms with Crippen LogP contribution in [0.5, 0.6) is 0 Å². The van der Waals surface area contributed by atoms with Crippen molar-refractivity contribution < 1.29 is 14.7 Å². The minimum atomic E-state index is -0.937. The topological polar surface area (TPSA) is 59.3 Å². The van der Waals surface area contributed by atoms with E-state index in [4.69, 9.17) is 5.11 Å². The lowest BCUT2D eigenvalue weighted by atomic mass is 10.1. The van der Waals surface area contributed by atoms with Crippen molar-refractivity contribution in [2.45, 2.75) is 19.9 Å². The molecule has 0 aliphatic carbocycles. The number of benzene rings is 1. The zero-order valence-corrected chi connectivity index (χ0v) is 12.1. The van der Waals surface area contributed by atoms with Gasteiger partial charge in [0.2, 0.25) is 0 Å². The van der Waals surface area contributed by atoms with Crippen molar-refractivity contribution in [1.29, 1.82) is 0 Å². The Kier molecular flexibility index (Phi) is 4.04. The predicted octanol–water partition coefficient (Wildman–Crippen LogP) is 3.08. The van der Waals surface area contributed by atoms with E-state index in [9.17, 15) is 9.59 Å². The smallest absolute Gasteiger partial charge is 0.306 e. The molecule has 0 saturated heterocycles. The second-order valence-corrected chi connectivity index (χ2v) is 5.54. The molecule has 0 spiro atoms. The molecule has 0 radical (unpaired) electrons. The zero-order valence-electron chi connectivity index (χ0n) is 10.5. The number of aliphatic carboxylic acids is 1. The van der Waals surface area contributed by atoms with Crippen LogP contribution in [0.3, 0.4) is 0 Å². The monoisotopic (exact) mass is 323 g/mol. The Balaban J connectivity index is 2.15. The minimum Gasteiger partial charge on any atom is -0.481 e. The lowest BCUT2D eigenvalue weighted by molar-refractivity contribution is -0.143. The van der Waals surface area contributed by atoms with Gasteiger partial charge in [-0.1, -0.05) is 28.9 Å². The Hall–Kier alpha value is -1.62. The Morgan fingerprint density at radius 3 is 2.79 bits per heavy atom. The van der Waals surface area contributed by atoms with Crippen molar-refractivity contribution in [3.8, 4) is 0 Å². The van der Waals surface area contributed by atoms with Crippen molar-refractivity contribution >= 4 is 38.6 Å². The third-order valence-electron chi connectivity index (χ3n) is 3.04. The molecule has 1 unspecified atom stereocenters. The van der Waals surface area contributed by atoms with Gasteiger partial charge in [0, 0.05) is 22.6 Å². The van der Waals surface area contributed by atoms with E-state index in [0.717, 1.165) is 15.4 Å². The molecule has 0 aliphatic heterocycles. The molecule has 1 N–H and O–H groups in total. The number of fused-ring (bicyclic) bond motifs is 1.